The second kappa shape index (κ2) is 8.14. The van der Waals surface area contributed by atoms with Crippen molar-refractivity contribution in [3.8, 4) is 11.4 Å². The quantitative estimate of drug-likeness (QED) is 0.649. The van der Waals surface area contributed by atoms with Crippen LogP contribution >= 0.6 is 11.8 Å². The van der Waals surface area contributed by atoms with Crippen molar-refractivity contribution >= 4 is 17.7 Å². The molecule has 0 radical (unpaired) electrons. The van der Waals surface area contributed by atoms with Crippen molar-refractivity contribution in [3.05, 3.63) is 65.5 Å². The topological polar surface area (TPSA) is 70.7 Å². The van der Waals surface area contributed by atoms with Gasteiger partial charge in [-0.05, 0) is 31.5 Å². The van der Waals surface area contributed by atoms with Gasteiger partial charge in [0, 0.05) is 12.1 Å². The van der Waals surface area contributed by atoms with E-state index in [1.54, 1.807) is 19.1 Å². The number of aromatic amines is 1. The van der Waals surface area contributed by atoms with E-state index in [9.17, 15) is 9.18 Å². The molecule has 0 saturated carbocycles. The smallest absolute Gasteiger partial charge is 0.233 e. The van der Waals surface area contributed by atoms with Gasteiger partial charge in [-0.15, -0.1) is 5.10 Å². The van der Waals surface area contributed by atoms with Crippen LogP contribution in [0.3, 0.4) is 0 Å². The lowest BCUT2D eigenvalue weighted by molar-refractivity contribution is -0.120. The summed E-state index contributed by atoms with van der Waals surface area (Å²) in [4.78, 5) is 16.7. The first-order valence-electron chi connectivity index (χ1n) is 8.19. The molecule has 1 atom stereocenters. The van der Waals surface area contributed by atoms with E-state index in [0.29, 0.717) is 17.5 Å². The summed E-state index contributed by atoms with van der Waals surface area (Å²) >= 11 is 1.28. The first-order valence-corrected chi connectivity index (χ1v) is 9.07. The predicted molar refractivity (Wildman–Crippen MR) is 100 cm³/mol. The summed E-state index contributed by atoms with van der Waals surface area (Å²) in [5.41, 5.74) is 2.97. The molecule has 1 heterocycles. The standard InChI is InChI=1S/C19H19FN4OS/c1-12-3-7-15(8-4-12)17-22-19(24-23-17)26-13(2)18(25)21-11-14-5-9-16(20)10-6-14/h3-10,13H,11H2,1-2H3,(H,21,25)(H,22,23,24)/t13-/m1/s1. The van der Waals surface area contributed by atoms with Crippen molar-refractivity contribution in [2.24, 2.45) is 0 Å². The molecule has 5 nitrogen and oxygen atoms in total. The third-order valence-electron chi connectivity index (χ3n) is 3.82. The first-order chi connectivity index (χ1) is 12.5. The predicted octanol–water partition coefficient (Wildman–Crippen LogP) is 3.72. The number of halogens is 1. The minimum atomic E-state index is -0.350. The van der Waals surface area contributed by atoms with Crippen LogP contribution in [-0.2, 0) is 11.3 Å². The van der Waals surface area contributed by atoms with Gasteiger partial charge in [-0.25, -0.2) is 9.37 Å². The summed E-state index contributed by atoms with van der Waals surface area (Å²) in [7, 11) is 0. The summed E-state index contributed by atoms with van der Waals surface area (Å²) in [6.45, 7) is 4.18. The molecule has 0 fully saturated rings. The molecule has 2 aromatic carbocycles. The van der Waals surface area contributed by atoms with Crippen LogP contribution in [0.15, 0.2) is 53.7 Å². The monoisotopic (exact) mass is 370 g/mol. The van der Waals surface area contributed by atoms with Gasteiger partial charge in [-0.3, -0.25) is 9.89 Å². The molecular weight excluding hydrogens is 351 g/mol. The number of carbonyl (C=O) groups is 1. The molecule has 0 saturated heterocycles. The Hall–Kier alpha value is -2.67. The first kappa shape index (κ1) is 18.1. The van der Waals surface area contributed by atoms with Crippen molar-refractivity contribution < 1.29 is 9.18 Å². The van der Waals surface area contributed by atoms with Gasteiger partial charge in [0.05, 0.1) is 5.25 Å². The van der Waals surface area contributed by atoms with Crippen LogP contribution in [-0.4, -0.2) is 26.3 Å². The van der Waals surface area contributed by atoms with Crippen LogP contribution in [0.5, 0.6) is 0 Å². The summed E-state index contributed by atoms with van der Waals surface area (Å²) in [6.07, 6.45) is 0. The van der Waals surface area contributed by atoms with Gasteiger partial charge in [0.1, 0.15) is 5.82 Å². The van der Waals surface area contributed by atoms with Crippen molar-refractivity contribution in [2.45, 2.75) is 30.8 Å². The maximum atomic E-state index is 12.9. The number of rotatable bonds is 6. The third-order valence-corrected chi connectivity index (χ3v) is 4.78. The second-order valence-electron chi connectivity index (χ2n) is 5.94. The lowest BCUT2D eigenvalue weighted by Gasteiger charge is -2.10. The number of benzene rings is 2. The Bertz CT molecular complexity index is 877. The Morgan fingerprint density at radius 1 is 1.19 bits per heavy atom. The zero-order valence-electron chi connectivity index (χ0n) is 14.5. The molecule has 0 bridgehead atoms. The zero-order valence-corrected chi connectivity index (χ0v) is 15.3. The molecular formula is C19H19FN4OS. The summed E-state index contributed by atoms with van der Waals surface area (Å²) in [6, 6.07) is 14.0. The SMILES string of the molecule is Cc1ccc(-c2nc(S[C@H](C)C(=O)NCc3ccc(F)cc3)n[nH]2)cc1. The molecule has 3 aromatic rings. The minimum Gasteiger partial charge on any atom is -0.351 e. The molecule has 3 rings (SSSR count). The summed E-state index contributed by atoms with van der Waals surface area (Å²) < 4.78 is 12.9. The lowest BCUT2D eigenvalue weighted by Crippen LogP contribution is -2.30. The number of hydrogen-bond acceptors (Lipinski definition) is 4. The third kappa shape index (κ3) is 4.70. The van der Waals surface area contributed by atoms with E-state index in [2.05, 4.69) is 20.5 Å². The Morgan fingerprint density at radius 2 is 1.88 bits per heavy atom. The number of aromatic nitrogens is 3. The van der Waals surface area contributed by atoms with Gasteiger partial charge >= 0.3 is 0 Å². The zero-order chi connectivity index (χ0) is 18.5. The molecule has 134 valence electrons. The molecule has 0 aliphatic carbocycles. The fraction of sp³-hybridized carbons (Fsp3) is 0.211. The number of carbonyl (C=O) groups excluding carboxylic acids is 1. The van der Waals surface area contributed by atoms with Gasteiger partial charge in [0.15, 0.2) is 5.82 Å². The van der Waals surface area contributed by atoms with E-state index in [1.807, 2.05) is 31.2 Å². The number of H-pyrrole nitrogens is 1. The van der Waals surface area contributed by atoms with Gasteiger partial charge in [-0.1, -0.05) is 53.7 Å². The summed E-state index contributed by atoms with van der Waals surface area (Å²) in [5, 5.41) is 10.1. The highest BCUT2D eigenvalue weighted by Crippen LogP contribution is 2.23. The molecule has 26 heavy (non-hydrogen) atoms. The van der Waals surface area contributed by atoms with E-state index >= 15 is 0 Å². The fourth-order valence-corrected chi connectivity index (χ4v) is 3.04. The molecule has 0 aliphatic heterocycles. The normalized spacial score (nSPS) is 12.0. The van der Waals surface area contributed by atoms with E-state index < -0.39 is 0 Å². The van der Waals surface area contributed by atoms with Gasteiger partial charge < -0.3 is 5.32 Å². The molecule has 1 aromatic heterocycles. The number of hydrogen-bond donors (Lipinski definition) is 2. The average Bonchev–Trinajstić information content (AvgIpc) is 3.10. The number of nitrogens with zero attached hydrogens (tertiary/aromatic N) is 2. The number of aryl methyl sites for hydroxylation is 1. The van der Waals surface area contributed by atoms with Crippen LogP contribution < -0.4 is 5.32 Å². The van der Waals surface area contributed by atoms with Crippen LogP contribution in [0.25, 0.3) is 11.4 Å². The Morgan fingerprint density at radius 3 is 2.58 bits per heavy atom. The highest BCUT2D eigenvalue weighted by Gasteiger charge is 2.17. The molecule has 1 amide bonds. The van der Waals surface area contributed by atoms with Crippen molar-refractivity contribution in [2.75, 3.05) is 0 Å². The van der Waals surface area contributed by atoms with Crippen molar-refractivity contribution in [1.82, 2.24) is 20.5 Å². The number of amides is 1. The van der Waals surface area contributed by atoms with E-state index in [4.69, 9.17) is 0 Å². The van der Waals surface area contributed by atoms with E-state index in [0.717, 1.165) is 11.1 Å². The fourth-order valence-electron chi connectivity index (χ4n) is 2.29. The maximum absolute atomic E-state index is 12.9. The lowest BCUT2D eigenvalue weighted by atomic mass is 10.1. The van der Waals surface area contributed by atoms with E-state index in [-0.39, 0.29) is 17.0 Å². The molecule has 0 spiro atoms. The average molecular weight is 370 g/mol. The van der Waals surface area contributed by atoms with Crippen LogP contribution in [0.4, 0.5) is 4.39 Å². The van der Waals surface area contributed by atoms with Crippen LogP contribution in [0, 0.1) is 12.7 Å². The van der Waals surface area contributed by atoms with Gasteiger partial charge in [0.2, 0.25) is 11.1 Å². The largest absolute Gasteiger partial charge is 0.351 e. The highest BCUT2D eigenvalue weighted by atomic mass is 32.2. The number of thioether (sulfide) groups is 1. The van der Waals surface area contributed by atoms with Gasteiger partial charge in [0.25, 0.3) is 0 Å². The molecule has 0 aliphatic rings. The van der Waals surface area contributed by atoms with E-state index in [1.165, 1.54) is 29.5 Å². The van der Waals surface area contributed by atoms with Gasteiger partial charge in [-0.2, -0.15) is 0 Å². The Kier molecular flexibility index (Phi) is 5.68. The molecule has 7 heteroatoms. The Balaban J connectivity index is 1.55. The Labute approximate surface area is 155 Å². The van der Waals surface area contributed by atoms with Crippen molar-refractivity contribution in [3.63, 3.8) is 0 Å². The summed E-state index contributed by atoms with van der Waals surface area (Å²) in [5.74, 6) is 0.255. The number of nitrogens with one attached hydrogen (secondary N) is 2. The van der Waals surface area contributed by atoms with Crippen LogP contribution in [0.2, 0.25) is 0 Å². The maximum Gasteiger partial charge on any atom is 0.233 e. The minimum absolute atomic E-state index is 0.124. The van der Waals surface area contributed by atoms with Crippen molar-refractivity contribution in [1.29, 1.82) is 0 Å². The highest BCUT2D eigenvalue weighted by molar-refractivity contribution is 8.00. The molecule has 0 unspecified atom stereocenters. The molecule has 2 N–H and O–H groups in total. The van der Waals surface area contributed by atoms with Crippen LogP contribution in [0.1, 0.15) is 18.1 Å². The second-order valence-corrected chi connectivity index (χ2v) is 7.24.